The Morgan fingerprint density at radius 1 is 1.04 bits per heavy atom. The van der Waals surface area contributed by atoms with Gasteiger partial charge < -0.3 is 15.0 Å². The van der Waals surface area contributed by atoms with Gasteiger partial charge in [-0.3, -0.25) is 9.59 Å². The number of benzene rings is 2. The summed E-state index contributed by atoms with van der Waals surface area (Å²) in [5.41, 5.74) is 1.10. The first-order valence-electron chi connectivity index (χ1n) is 8.24. The molecule has 0 aliphatic rings. The third-order valence-corrected chi connectivity index (χ3v) is 3.70. The number of hydrogen-bond acceptors (Lipinski definition) is 3. The Morgan fingerprint density at radius 2 is 1.67 bits per heavy atom. The minimum absolute atomic E-state index is 0.128. The molecule has 2 aromatic rings. The predicted octanol–water partition coefficient (Wildman–Crippen LogP) is 3.36. The molecule has 0 saturated carbocycles. The molecule has 0 saturated heterocycles. The zero-order valence-corrected chi connectivity index (χ0v) is 14.6. The van der Waals surface area contributed by atoms with E-state index in [1.54, 1.807) is 4.90 Å². The van der Waals surface area contributed by atoms with Gasteiger partial charge in [0.25, 0.3) is 5.91 Å². The van der Waals surface area contributed by atoms with Crippen LogP contribution in [0.1, 0.15) is 22.8 Å². The Morgan fingerprint density at radius 3 is 2.22 bits per heavy atom. The number of carbonyl (C=O) groups excluding carboxylic acids is 2. The average Bonchev–Trinajstić information content (AvgIpc) is 2.64. The monoisotopic (exact) mass is 380 g/mol. The molecule has 0 unspecified atom stereocenters. The van der Waals surface area contributed by atoms with E-state index in [-0.39, 0.29) is 18.0 Å². The van der Waals surface area contributed by atoms with Crippen molar-refractivity contribution in [2.75, 3.05) is 13.1 Å². The van der Waals surface area contributed by atoms with E-state index in [2.05, 4.69) is 10.1 Å². The number of alkyl halides is 3. The number of rotatable bonds is 7. The Kier molecular flexibility index (Phi) is 6.81. The second kappa shape index (κ2) is 9.07. The number of nitrogens with one attached hydrogen (secondary N) is 1. The number of likely N-dealkylation sites (N-methyl/N-ethyl adjacent to an activating group) is 1. The molecule has 144 valence electrons. The molecule has 2 aromatic carbocycles. The number of ether oxygens (including phenoxy) is 1. The van der Waals surface area contributed by atoms with Crippen LogP contribution in [0.15, 0.2) is 54.6 Å². The van der Waals surface area contributed by atoms with E-state index >= 15 is 0 Å². The molecule has 8 heteroatoms. The fourth-order valence-corrected chi connectivity index (χ4v) is 2.36. The molecule has 0 bridgehead atoms. The first-order chi connectivity index (χ1) is 12.8. The zero-order chi connectivity index (χ0) is 19.9. The lowest BCUT2D eigenvalue weighted by Gasteiger charge is -2.21. The lowest BCUT2D eigenvalue weighted by molar-refractivity contribution is -0.274. The number of carbonyl (C=O) groups is 2. The van der Waals surface area contributed by atoms with Gasteiger partial charge in [0.05, 0.1) is 6.54 Å². The molecular formula is C19H19F3N2O3. The predicted molar refractivity (Wildman–Crippen MR) is 93.0 cm³/mol. The molecule has 5 nitrogen and oxygen atoms in total. The fourth-order valence-electron chi connectivity index (χ4n) is 2.36. The van der Waals surface area contributed by atoms with Crippen molar-refractivity contribution in [3.05, 3.63) is 65.7 Å². The third kappa shape index (κ3) is 6.65. The van der Waals surface area contributed by atoms with E-state index in [1.807, 2.05) is 37.3 Å². The Labute approximate surface area is 154 Å². The van der Waals surface area contributed by atoms with Crippen molar-refractivity contribution in [2.45, 2.75) is 19.8 Å². The molecule has 0 heterocycles. The van der Waals surface area contributed by atoms with Crippen molar-refractivity contribution in [3.63, 3.8) is 0 Å². The van der Waals surface area contributed by atoms with Crippen molar-refractivity contribution in [2.24, 2.45) is 0 Å². The molecule has 0 radical (unpaired) electrons. The Balaban J connectivity index is 1.89. The summed E-state index contributed by atoms with van der Waals surface area (Å²) >= 11 is 0. The molecule has 27 heavy (non-hydrogen) atoms. The van der Waals surface area contributed by atoms with Crippen LogP contribution in [0.5, 0.6) is 5.75 Å². The van der Waals surface area contributed by atoms with Crippen LogP contribution >= 0.6 is 0 Å². The van der Waals surface area contributed by atoms with Gasteiger partial charge in [0, 0.05) is 18.7 Å². The Hall–Kier alpha value is -3.03. The maximum absolute atomic E-state index is 12.3. The summed E-state index contributed by atoms with van der Waals surface area (Å²) in [6.07, 6.45) is -4.79. The van der Waals surface area contributed by atoms with Crippen LogP contribution in [-0.2, 0) is 11.3 Å². The van der Waals surface area contributed by atoms with Gasteiger partial charge in [0.15, 0.2) is 0 Å². The highest BCUT2D eigenvalue weighted by Gasteiger charge is 2.31. The van der Waals surface area contributed by atoms with Crippen molar-refractivity contribution < 1.29 is 27.5 Å². The van der Waals surface area contributed by atoms with Gasteiger partial charge in [0.1, 0.15) is 5.75 Å². The first kappa shape index (κ1) is 20.3. The summed E-state index contributed by atoms with van der Waals surface area (Å²) in [6.45, 7) is 2.53. The van der Waals surface area contributed by atoms with Crippen molar-refractivity contribution >= 4 is 11.8 Å². The minimum Gasteiger partial charge on any atom is -0.406 e. The van der Waals surface area contributed by atoms with E-state index in [0.29, 0.717) is 13.1 Å². The molecule has 0 fully saturated rings. The van der Waals surface area contributed by atoms with Gasteiger partial charge in [-0.2, -0.15) is 0 Å². The van der Waals surface area contributed by atoms with Crippen LogP contribution in [0.2, 0.25) is 0 Å². The van der Waals surface area contributed by atoms with E-state index in [1.165, 1.54) is 12.1 Å². The van der Waals surface area contributed by atoms with E-state index in [9.17, 15) is 22.8 Å². The molecule has 0 atom stereocenters. The van der Waals surface area contributed by atoms with Crippen LogP contribution in [0.4, 0.5) is 13.2 Å². The molecule has 2 amide bonds. The van der Waals surface area contributed by atoms with E-state index in [4.69, 9.17) is 0 Å². The van der Waals surface area contributed by atoms with E-state index < -0.39 is 18.0 Å². The maximum atomic E-state index is 12.3. The van der Waals surface area contributed by atoms with Gasteiger partial charge in [-0.15, -0.1) is 13.2 Å². The Bertz CT molecular complexity index is 762. The van der Waals surface area contributed by atoms with Crippen LogP contribution in [-0.4, -0.2) is 36.2 Å². The highest BCUT2D eigenvalue weighted by molar-refractivity contribution is 5.96. The molecule has 2 rings (SSSR count). The summed E-state index contributed by atoms with van der Waals surface area (Å²) in [7, 11) is 0. The summed E-state index contributed by atoms with van der Waals surface area (Å²) in [4.78, 5) is 26.0. The van der Waals surface area contributed by atoms with Gasteiger partial charge in [0.2, 0.25) is 5.91 Å². The first-order valence-corrected chi connectivity index (χ1v) is 8.24. The molecule has 0 aliphatic heterocycles. The van der Waals surface area contributed by atoms with Crippen molar-refractivity contribution in [1.82, 2.24) is 10.2 Å². The molecule has 1 N–H and O–H groups in total. The van der Waals surface area contributed by atoms with Gasteiger partial charge in [-0.1, -0.05) is 30.3 Å². The fraction of sp³-hybridized carbons (Fsp3) is 0.263. The number of halogens is 3. The quantitative estimate of drug-likeness (QED) is 0.801. The minimum atomic E-state index is -4.79. The smallest absolute Gasteiger partial charge is 0.406 e. The number of nitrogens with zero attached hydrogens (tertiary/aromatic N) is 1. The summed E-state index contributed by atoms with van der Waals surface area (Å²) in [6, 6.07) is 13.9. The second-order valence-electron chi connectivity index (χ2n) is 5.65. The lowest BCUT2D eigenvalue weighted by Crippen LogP contribution is -2.39. The summed E-state index contributed by atoms with van der Waals surface area (Å²) < 4.78 is 40.1. The van der Waals surface area contributed by atoms with Gasteiger partial charge in [-0.05, 0) is 36.8 Å². The van der Waals surface area contributed by atoms with Crippen LogP contribution in [0, 0.1) is 0 Å². The van der Waals surface area contributed by atoms with Crippen LogP contribution < -0.4 is 10.1 Å². The molecule has 0 spiro atoms. The average molecular weight is 380 g/mol. The molecular weight excluding hydrogens is 361 g/mol. The highest BCUT2D eigenvalue weighted by atomic mass is 19.4. The normalized spacial score (nSPS) is 11.0. The third-order valence-electron chi connectivity index (χ3n) is 3.70. The standard InChI is InChI=1S/C19H19F3N2O3/c1-2-24(13-14-6-4-3-5-7-14)17(25)12-23-18(26)15-8-10-16(11-9-15)27-19(20,21)22/h3-11H,2,12-13H2,1H3,(H,23,26). The van der Waals surface area contributed by atoms with Crippen molar-refractivity contribution in [3.8, 4) is 5.75 Å². The maximum Gasteiger partial charge on any atom is 0.573 e. The summed E-state index contributed by atoms with van der Waals surface area (Å²) in [5.74, 6) is -1.24. The molecule has 0 aliphatic carbocycles. The summed E-state index contributed by atoms with van der Waals surface area (Å²) in [5, 5.41) is 2.47. The highest BCUT2D eigenvalue weighted by Crippen LogP contribution is 2.22. The largest absolute Gasteiger partial charge is 0.573 e. The van der Waals surface area contributed by atoms with Gasteiger partial charge in [-0.25, -0.2) is 0 Å². The lowest BCUT2D eigenvalue weighted by atomic mass is 10.2. The van der Waals surface area contributed by atoms with Crippen LogP contribution in [0.25, 0.3) is 0 Å². The number of hydrogen-bond donors (Lipinski definition) is 1. The van der Waals surface area contributed by atoms with Gasteiger partial charge >= 0.3 is 6.36 Å². The number of amides is 2. The topological polar surface area (TPSA) is 58.6 Å². The zero-order valence-electron chi connectivity index (χ0n) is 14.6. The van der Waals surface area contributed by atoms with E-state index in [0.717, 1.165) is 17.7 Å². The second-order valence-corrected chi connectivity index (χ2v) is 5.65. The molecule has 0 aromatic heterocycles. The van der Waals surface area contributed by atoms with Crippen LogP contribution in [0.3, 0.4) is 0 Å². The van der Waals surface area contributed by atoms with Crippen molar-refractivity contribution in [1.29, 1.82) is 0 Å². The SMILES string of the molecule is CCN(Cc1ccccc1)C(=O)CNC(=O)c1ccc(OC(F)(F)F)cc1.